The van der Waals surface area contributed by atoms with Gasteiger partial charge in [-0.05, 0) is 38.6 Å². The van der Waals surface area contributed by atoms with E-state index in [1.807, 2.05) is 0 Å². The third-order valence-corrected chi connectivity index (χ3v) is 4.23. The zero-order chi connectivity index (χ0) is 12.8. The van der Waals surface area contributed by atoms with E-state index >= 15 is 0 Å². The van der Waals surface area contributed by atoms with E-state index in [0.29, 0.717) is 0 Å². The van der Waals surface area contributed by atoms with Crippen molar-refractivity contribution < 1.29 is 14.3 Å². The predicted octanol–water partition coefficient (Wildman–Crippen LogP) is 1.34. The van der Waals surface area contributed by atoms with E-state index < -0.39 is 0 Å². The topological polar surface area (TPSA) is 38.8 Å². The molecule has 18 heavy (non-hydrogen) atoms. The maximum Gasteiger partial charge on any atom is 0.127 e. The van der Waals surface area contributed by atoms with Crippen LogP contribution in [0.3, 0.4) is 0 Å². The van der Waals surface area contributed by atoms with Crippen molar-refractivity contribution in [2.45, 2.75) is 25.7 Å². The fraction of sp³-hybridized carbons (Fsp3) is 0.929. The van der Waals surface area contributed by atoms with Crippen LogP contribution < -0.4 is 0 Å². The summed E-state index contributed by atoms with van der Waals surface area (Å²) in [5, 5.41) is 0. The lowest BCUT2D eigenvalue weighted by Gasteiger charge is -2.37. The number of carbonyl (C=O) groups is 1. The molecular weight excluding hydrogens is 230 g/mol. The first-order chi connectivity index (χ1) is 8.74. The number of hydrogen-bond acceptors (Lipinski definition) is 4. The van der Waals surface area contributed by atoms with Crippen LogP contribution in [0.15, 0.2) is 0 Å². The van der Waals surface area contributed by atoms with Crippen molar-refractivity contribution >= 4 is 6.29 Å². The fourth-order valence-corrected chi connectivity index (χ4v) is 3.06. The second kappa shape index (κ2) is 6.64. The monoisotopic (exact) mass is 255 g/mol. The van der Waals surface area contributed by atoms with E-state index in [0.717, 1.165) is 77.4 Å². The van der Waals surface area contributed by atoms with Gasteiger partial charge in [0, 0.05) is 44.9 Å². The SMILES string of the molecule is CN(CC1CCOCC1)CC1(C=O)CCOCC1. The second-order valence-electron chi connectivity index (χ2n) is 5.85. The van der Waals surface area contributed by atoms with E-state index in [1.165, 1.54) is 0 Å². The molecule has 0 amide bonds. The lowest BCUT2D eigenvalue weighted by atomic mass is 9.81. The zero-order valence-electron chi connectivity index (χ0n) is 11.4. The summed E-state index contributed by atoms with van der Waals surface area (Å²) in [6.45, 7) is 5.20. The summed E-state index contributed by atoms with van der Waals surface area (Å²) in [7, 11) is 2.14. The van der Waals surface area contributed by atoms with Crippen molar-refractivity contribution in [3.8, 4) is 0 Å². The van der Waals surface area contributed by atoms with Crippen LogP contribution in [-0.4, -0.2) is 57.8 Å². The van der Waals surface area contributed by atoms with E-state index in [2.05, 4.69) is 11.9 Å². The number of rotatable bonds is 5. The highest BCUT2D eigenvalue weighted by Gasteiger charge is 2.33. The minimum Gasteiger partial charge on any atom is -0.381 e. The number of carbonyl (C=O) groups excluding carboxylic acids is 1. The van der Waals surface area contributed by atoms with Crippen LogP contribution in [0.5, 0.6) is 0 Å². The molecule has 104 valence electrons. The molecule has 0 spiro atoms. The quantitative estimate of drug-likeness (QED) is 0.695. The predicted molar refractivity (Wildman–Crippen MR) is 69.6 cm³/mol. The number of hydrogen-bond donors (Lipinski definition) is 0. The Balaban J connectivity index is 1.80. The highest BCUT2D eigenvalue weighted by Crippen LogP contribution is 2.29. The van der Waals surface area contributed by atoms with Gasteiger partial charge in [0.15, 0.2) is 0 Å². The van der Waals surface area contributed by atoms with Crippen molar-refractivity contribution in [3.63, 3.8) is 0 Å². The molecule has 4 heteroatoms. The molecule has 0 radical (unpaired) electrons. The summed E-state index contributed by atoms with van der Waals surface area (Å²) in [5.74, 6) is 0.729. The molecule has 0 bridgehead atoms. The molecule has 2 aliphatic heterocycles. The first-order valence-corrected chi connectivity index (χ1v) is 7.04. The summed E-state index contributed by atoms with van der Waals surface area (Å²) < 4.78 is 10.7. The Labute approximate surface area is 110 Å². The lowest BCUT2D eigenvalue weighted by Crippen LogP contribution is -2.43. The Hall–Kier alpha value is -0.450. The van der Waals surface area contributed by atoms with Gasteiger partial charge in [0.25, 0.3) is 0 Å². The molecule has 0 aromatic rings. The maximum atomic E-state index is 11.4. The van der Waals surface area contributed by atoms with Crippen LogP contribution in [0.4, 0.5) is 0 Å². The number of ether oxygens (including phenoxy) is 2. The fourth-order valence-electron chi connectivity index (χ4n) is 3.06. The standard InChI is InChI=1S/C14H25NO3/c1-15(10-13-2-6-17-7-3-13)11-14(12-16)4-8-18-9-5-14/h12-13H,2-11H2,1H3. The molecule has 2 aliphatic rings. The van der Waals surface area contributed by atoms with Gasteiger partial charge in [0.1, 0.15) is 6.29 Å². The third kappa shape index (κ3) is 3.77. The average molecular weight is 255 g/mol. The van der Waals surface area contributed by atoms with Crippen molar-refractivity contribution in [1.82, 2.24) is 4.90 Å². The summed E-state index contributed by atoms with van der Waals surface area (Å²) in [5.41, 5.74) is -0.168. The minimum absolute atomic E-state index is 0.168. The molecule has 2 rings (SSSR count). The van der Waals surface area contributed by atoms with Gasteiger partial charge in [0.2, 0.25) is 0 Å². The molecule has 2 heterocycles. The van der Waals surface area contributed by atoms with E-state index in [9.17, 15) is 4.79 Å². The molecule has 0 unspecified atom stereocenters. The highest BCUT2D eigenvalue weighted by molar-refractivity contribution is 5.60. The average Bonchev–Trinajstić information content (AvgIpc) is 2.41. The van der Waals surface area contributed by atoms with E-state index in [4.69, 9.17) is 9.47 Å². The summed E-state index contributed by atoms with van der Waals surface area (Å²) in [6, 6.07) is 0. The summed E-state index contributed by atoms with van der Waals surface area (Å²) in [4.78, 5) is 13.7. The van der Waals surface area contributed by atoms with Gasteiger partial charge < -0.3 is 19.2 Å². The third-order valence-electron chi connectivity index (χ3n) is 4.23. The normalized spacial score (nSPS) is 25.2. The Morgan fingerprint density at radius 3 is 2.39 bits per heavy atom. The molecule has 0 aromatic heterocycles. The Morgan fingerprint density at radius 1 is 1.17 bits per heavy atom. The van der Waals surface area contributed by atoms with E-state index in [1.54, 1.807) is 0 Å². The van der Waals surface area contributed by atoms with Gasteiger partial charge in [-0.25, -0.2) is 0 Å². The van der Waals surface area contributed by atoms with Crippen LogP contribution >= 0.6 is 0 Å². The Kier molecular flexibility index (Phi) is 5.15. The number of nitrogens with zero attached hydrogens (tertiary/aromatic N) is 1. The highest BCUT2D eigenvalue weighted by atomic mass is 16.5. The van der Waals surface area contributed by atoms with E-state index in [-0.39, 0.29) is 5.41 Å². The van der Waals surface area contributed by atoms with Gasteiger partial charge in [-0.2, -0.15) is 0 Å². The van der Waals surface area contributed by atoms with Gasteiger partial charge >= 0.3 is 0 Å². The van der Waals surface area contributed by atoms with Crippen LogP contribution in [0, 0.1) is 11.3 Å². The molecule has 0 aromatic carbocycles. The van der Waals surface area contributed by atoms with Gasteiger partial charge in [-0.15, -0.1) is 0 Å². The summed E-state index contributed by atoms with van der Waals surface area (Å²) >= 11 is 0. The first kappa shape index (κ1) is 14.0. The van der Waals surface area contributed by atoms with Gasteiger partial charge in [-0.3, -0.25) is 0 Å². The smallest absolute Gasteiger partial charge is 0.127 e. The van der Waals surface area contributed by atoms with Crippen LogP contribution in [0.2, 0.25) is 0 Å². The van der Waals surface area contributed by atoms with Crippen LogP contribution in [-0.2, 0) is 14.3 Å². The maximum absolute atomic E-state index is 11.4. The van der Waals surface area contributed by atoms with Crippen molar-refractivity contribution in [2.75, 3.05) is 46.6 Å². The molecular formula is C14H25NO3. The molecule has 4 nitrogen and oxygen atoms in total. The van der Waals surface area contributed by atoms with Gasteiger partial charge in [0.05, 0.1) is 0 Å². The lowest BCUT2D eigenvalue weighted by molar-refractivity contribution is -0.123. The minimum atomic E-state index is -0.168. The van der Waals surface area contributed by atoms with Crippen LogP contribution in [0.25, 0.3) is 0 Å². The van der Waals surface area contributed by atoms with Crippen molar-refractivity contribution in [3.05, 3.63) is 0 Å². The molecule has 0 saturated carbocycles. The van der Waals surface area contributed by atoms with Crippen molar-refractivity contribution in [1.29, 1.82) is 0 Å². The Bertz CT molecular complexity index is 258. The molecule has 0 aliphatic carbocycles. The number of aldehydes is 1. The molecule has 0 atom stereocenters. The first-order valence-electron chi connectivity index (χ1n) is 7.04. The second-order valence-corrected chi connectivity index (χ2v) is 5.85. The van der Waals surface area contributed by atoms with Crippen molar-refractivity contribution in [2.24, 2.45) is 11.3 Å². The molecule has 2 saturated heterocycles. The zero-order valence-corrected chi connectivity index (χ0v) is 11.4. The molecule has 2 fully saturated rings. The van der Waals surface area contributed by atoms with Crippen LogP contribution in [0.1, 0.15) is 25.7 Å². The largest absolute Gasteiger partial charge is 0.381 e. The molecule has 0 N–H and O–H groups in total. The summed E-state index contributed by atoms with van der Waals surface area (Å²) in [6.07, 6.45) is 5.21. The van der Waals surface area contributed by atoms with Gasteiger partial charge in [-0.1, -0.05) is 0 Å². The Morgan fingerprint density at radius 2 is 1.78 bits per heavy atom.